The number of nitrogens with one attached hydrogen (secondary N) is 1. The van der Waals surface area contributed by atoms with Gasteiger partial charge in [0.25, 0.3) is 0 Å². The number of benzene rings is 2. The van der Waals surface area contributed by atoms with Gasteiger partial charge in [0.05, 0.1) is 17.4 Å². The molecular weight excluding hydrogens is 374 g/mol. The quantitative estimate of drug-likeness (QED) is 0.847. The van der Waals surface area contributed by atoms with Crippen molar-refractivity contribution in [2.75, 3.05) is 18.4 Å². The molecule has 1 fully saturated rings. The van der Waals surface area contributed by atoms with Crippen LogP contribution in [0.5, 0.6) is 0 Å². The van der Waals surface area contributed by atoms with E-state index in [-0.39, 0.29) is 18.0 Å². The summed E-state index contributed by atoms with van der Waals surface area (Å²) < 4.78 is 53.3. The summed E-state index contributed by atoms with van der Waals surface area (Å²) in [6, 6.07) is 11.7. The first kappa shape index (κ1) is 19.4. The average molecular weight is 394 g/mol. The second-order valence-electron chi connectivity index (χ2n) is 6.55. The number of sulfonamides is 1. The Bertz CT molecular complexity index is 920. The normalized spacial score (nSPS) is 18.2. The molecule has 144 valence electrons. The first-order valence-electron chi connectivity index (χ1n) is 8.63. The lowest BCUT2D eigenvalue weighted by Gasteiger charge is -2.31. The number of anilines is 1. The van der Waals surface area contributed by atoms with Gasteiger partial charge in [0.1, 0.15) is 11.6 Å². The molecule has 1 atom stereocenters. The third kappa shape index (κ3) is 4.90. The number of hydrogen-bond donors (Lipinski definition) is 1. The smallest absolute Gasteiger partial charge is 0.228 e. The Hall–Kier alpha value is -2.32. The largest absolute Gasteiger partial charge is 0.323 e. The predicted molar refractivity (Wildman–Crippen MR) is 98.4 cm³/mol. The van der Waals surface area contributed by atoms with Crippen LogP contribution in [0.1, 0.15) is 18.4 Å². The van der Waals surface area contributed by atoms with Crippen LogP contribution in [0.3, 0.4) is 0 Å². The Morgan fingerprint density at radius 1 is 1.15 bits per heavy atom. The Balaban J connectivity index is 1.67. The maximum absolute atomic E-state index is 13.7. The van der Waals surface area contributed by atoms with Crippen LogP contribution in [0.15, 0.2) is 48.5 Å². The molecule has 27 heavy (non-hydrogen) atoms. The van der Waals surface area contributed by atoms with Crippen molar-refractivity contribution in [3.8, 4) is 0 Å². The zero-order chi connectivity index (χ0) is 19.4. The lowest BCUT2D eigenvalue weighted by Crippen LogP contribution is -2.44. The molecular formula is C19H20F2N2O3S. The van der Waals surface area contributed by atoms with Gasteiger partial charge in [0.15, 0.2) is 0 Å². The molecule has 1 unspecified atom stereocenters. The molecule has 3 rings (SSSR count). The van der Waals surface area contributed by atoms with Crippen LogP contribution >= 0.6 is 0 Å². The van der Waals surface area contributed by atoms with E-state index >= 15 is 0 Å². The van der Waals surface area contributed by atoms with Gasteiger partial charge < -0.3 is 5.32 Å². The number of rotatable bonds is 5. The minimum Gasteiger partial charge on any atom is -0.323 e. The molecule has 0 aliphatic carbocycles. The van der Waals surface area contributed by atoms with Gasteiger partial charge in [0.2, 0.25) is 15.9 Å². The summed E-state index contributed by atoms with van der Waals surface area (Å²) in [6.07, 6.45) is 1.05. The fourth-order valence-electron chi connectivity index (χ4n) is 3.11. The Kier molecular flexibility index (Phi) is 5.86. The summed E-state index contributed by atoms with van der Waals surface area (Å²) in [5.41, 5.74) is 0.558. The van der Waals surface area contributed by atoms with Crippen molar-refractivity contribution in [1.82, 2.24) is 4.31 Å². The van der Waals surface area contributed by atoms with Gasteiger partial charge >= 0.3 is 0 Å². The van der Waals surface area contributed by atoms with E-state index in [4.69, 9.17) is 0 Å². The van der Waals surface area contributed by atoms with E-state index in [1.807, 2.05) is 6.07 Å². The first-order valence-corrected chi connectivity index (χ1v) is 10.2. The topological polar surface area (TPSA) is 66.5 Å². The van der Waals surface area contributed by atoms with Crippen molar-refractivity contribution in [3.05, 3.63) is 65.7 Å². The van der Waals surface area contributed by atoms with Gasteiger partial charge in [-0.3, -0.25) is 4.79 Å². The van der Waals surface area contributed by atoms with Crippen molar-refractivity contribution >= 4 is 21.6 Å². The van der Waals surface area contributed by atoms with Gasteiger partial charge in [-0.05, 0) is 30.5 Å². The fourth-order valence-corrected chi connectivity index (χ4v) is 4.72. The van der Waals surface area contributed by atoms with Crippen molar-refractivity contribution in [1.29, 1.82) is 0 Å². The van der Waals surface area contributed by atoms with Gasteiger partial charge in [0, 0.05) is 19.2 Å². The molecule has 1 aliphatic rings. The Morgan fingerprint density at radius 2 is 1.89 bits per heavy atom. The lowest BCUT2D eigenvalue weighted by atomic mass is 9.98. The fraction of sp³-hybridized carbons (Fsp3) is 0.316. The van der Waals surface area contributed by atoms with E-state index in [9.17, 15) is 22.0 Å². The van der Waals surface area contributed by atoms with Crippen molar-refractivity contribution in [2.24, 2.45) is 5.92 Å². The highest BCUT2D eigenvalue weighted by molar-refractivity contribution is 7.88. The van der Waals surface area contributed by atoms with Gasteiger partial charge in [-0.15, -0.1) is 0 Å². The summed E-state index contributed by atoms with van der Waals surface area (Å²) in [4.78, 5) is 12.4. The second-order valence-corrected chi connectivity index (χ2v) is 8.52. The zero-order valence-corrected chi connectivity index (χ0v) is 15.4. The van der Waals surface area contributed by atoms with Crippen molar-refractivity contribution in [3.63, 3.8) is 0 Å². The van der Waals surface area contributed by atoms with Crippen LogP contribution < -0.4 is 5.32 Å². The van der Waals surface area contributed by atoms with Crippen molar-refractivity contribution < 1.29 is 22.0 Å². The standard InChI is InChI=1S/C19H20F2N2O3S/c20-16-8-9-18(17(21)11-16)22-19(24)15-7-4-10-23(12-15)27(25,26)13-14-5-2-1-3-6-14/h1-3,5-6,8-9,11,15H,4,7,10,12-13H2,(H,22,24). The molecule has 0 radical (unpaired) electrons. The van der Waals surface area contributed by atoms with E-state index in [0.717, 1.165) is 12.1 Å². The summed E-state index contributed by atoms with van der Waals surface area (Å²) >= 11 is 0. The van der Waals surface area contributed by atoms with Gasteiger partial charge in [-0.25, -0.2) is 21.5 Å². The highest BCUT2D eigenvalue weighted by Gasteiger charge is 2.32. The molecule has 2 aromatic rings. The predicted octanol–water partition coefficient (Wildman–Crippen LogP) is 3.15. The maximum Gasteiger partial charge on any atom is 0.228 e. The minimum absolute atomic E-state index is 0.0455. The number of piperidine rings is 1. The van der Waals surface area contributed by atoms with Crippen LogP contribution in [0, 0.1) is 17.6 Å². The van der Waals surface area contributed by atoms with E-state index in [2.05, 4.69) is 5.32 Å². The molecule has 0 aromatic heterocycles. The van der Waals surface area contributed by atoms with Crippen LogP contribution in [0.2, 0.25) is 0 Å². The van der Waals surface area contributed by atoms with Gasteiger partial charge in [-0.2, -0.15) is 0 Å². The number of nitrogens with zero attached hydrogens (tertiary/aromatic N) is 1. The molecule has 1 saturated heterocycles. The number of halogens is 2. The third-order valence-electron chi connectivity index (χ3n) is 4.53. The number of hydrogen-bond acceptors (Lipinski definition) is 3. The molecule has 1 amide bonds. The molecule has 1 heterocycles. The number of amides is 1. The minimum atomic E-state index is -3.56. The van der Waals surface area contributed by atoms with E-state index in [1.54, 1.807) is 24.3 Å². The monoisotopic (exact) mass is 394 g/mol. The van der Waals surface area contributed by atoms with Crippen LogP contribution in [-0.2, 0) is 20.6 Å². The second kappa shape index (κ2) is 8.14. The van der Waals surface area contributed by atoms with E-state index < -0.39 is 33.5 Å². The number of carbonyl (C=O) groups excluding carboxylic acids is 1. The zero-order valence-electron chi connectivity index (χ0n) is 14.6. The number of carbonyl (C=O) groups is 1. The Labute approximate surface area is 157 Å². The SMILES string of the molecule is O=C(Nc1ccc(F)cc1F)C1CCCN(S(=O)(=O)Cc2ccccc2)C1. The molecule has 1 N–H and O–H groups in total. The first-order chi connectivity index (χ1) is 12.8. The van der Waals surface area contributed by atoms with E-state index in [0.29, 0.717) is 31.0 Å². The molecule has 1 aliphatic heterocycles. The van der Waals surface area contributed by atoms with E-state index in [1.165, 1.54) is 4.31 Å². The Morgan fingerprint density at radius 3 is 2.59 bits per heavy atom. The highest BCUT2D eigenvalue weighted by Crippen LogP contribution is 2.24. The molecule has 0 saturated carbocycles. The molecule has 2 aromatic carbocycles. The van der Waals surface area contributed by atoms with Crippen LogP contribution in [-0.4, -0.2) is 31.7 Å². The summed E-state index contributed by atoms with van der Waals surface area (Å²) in [7, 11) is -3.56. The van der Waals surface area contributed by atoms with Gasteiger partial charge in [-0.1, -0.05) is 30.3 Å². The molecule has 0 bridgehead atoms. The summed E-state index contributed by atoms with van der Waals surface area (Å²) in [6.45, 7) is 0.396. The van der Waals surface area contributed by atoms with Crippen LogP contribution in [0.4, 0.5) is 14.5 Å². The van der Waals surface area contributed by atoms with Crippen molar-refractivity contribution in [2.45, 2.75) is 18.6 Å². The molecule has 8 heteroatoms. The molecule has 5 nitrogen and oxygen atoms in total. The highest BCUT2D eigenvalue weighted by atomic mass is 32.2. The molecule has 0 spiro atoms. The summed E-state index contributed by atoms with van der Waals surface area (Å²) in [5.74, 6) is -2.79. The third-order valence-corrected chi connectivity index (χ3v) is 6.35. The summed E-state index contributed by atoms with van der Waals surface area (Å²) in [5, 5.41) is 2.43. The lowest BCUT2D eigenvalue weighted by molar-refractivity contribution is -0.120. The maximum atomic E-state index is 13.7. The average Bonchev–Trinajstić information content (AvgIpc) is 2.64. The van der Waals surface area contributed by atoms with Crippen LogP contribution in [0.25, 0.3) is 0 Å².